The van der Waals surface area contributed by atoms with Crippen LogP contribution in [-0.4, -0.2) is 34.3 Å². The van der Waals surface area contributed by atoms with Gasteiger partial charge >= 0.3 is 0 Å². The lowest BCUT2D eigenvalue weighted by atomic mass is 9.83. The van der Waals surface area contributed by atoms with Crippen LogP contribution in [0, 0.1) is 19.8 Å². The van der Waals surface area contributed by atoms with E-state index in [9.17, 15) is 9.59 Å². The lowest BCUT2D eigenvalue weighted by Crippen LogP contribution is -2.52. The monoisotopic (exact) mass is 447 g/mol. The Kier molecular flexibility index (Phi) is 7.46. The van der Waals surface area contributed by atoms with Crippen molar-refractivity contribution >= 4 is 11.8 Å². The summed E-state index contributed by atoms with van der Waals surface area (Å²) in [6.45, 7) is 6.80. The molecule has 2 aromatic rings. The van der Waals surface area contributed by atoms with Crippen molar-refractivity contribution in [1.82, 2.24) is 15.2 Å². The SMILES string of the molecule is CCC(=O)NC(C(=O)N1CCCC1c1ccnc(-c2cc(C)cc(C)c2)c1)C1CCCCC1. The molecule has 2 unspecified atom stereocenters. The lowest BCUT2D eigenvalue weighted by molar-refractivity contribution is -0.139. The molecule has 2 atom stereocenters. The van der Waals surface area contributed by atoms with Gasteiger partial charge in [0, 0.05) is 24.7 Å². The summed E-state index contributed by atoms with van der Waals surface area (Å²) in [5, 5.41) is 3.09. The van der Waals surface area contributed by atoms with E-state index in [0.717, 1.165) is 61.9 Å². The number of aryl methyl sites for hydroxylation is 2. The molecule has 1 aromatic carbocycles. The van der Waals surface area contributed by atoms with Crippen molar-refractivity contribution in [3.8, 4) is 11.3 Å². The largest absolute Gasteiger partial charge is 0.344 e. The molecule has 176 valence electrons. The molecule has 2 heterocycles. The first-order chi connectivity index (χ1) is 16.0. The molecule has 1 N–H and O–H groups in total. The lowest BCUT2D eigenvalue weighted by Gasteiger charge is -2.35. The van der Waals surface area contributed by atoms with E-state index in [1.54, 1.807) is 0 Å². The normalized spacial score (nSPS) is 20.0. The van der Waals surface area contributed by atoms with Gasteiger partial charge in [0.25, 0.3) is 0 Å². The Morgan fingerprint density at radius 2 is 1.76 bits per heavy atom. The molecule has 33 heavy (non-hydrogen) atoms. The maximum atomic E-state index is 13.8. The molecule has 2 amide bonds. The Hall–Kier alpha value is -2.69. The number of rotatable bonds is 6. The Morgan fingerprint density at radius 3 is 2.45 bits per heavy atom. The molecule has 1 aromatic heterocycles. The van der Waals surface area contributed by atoms with Gasteiger partial charge in [-0.1, -0.05) is 43.4 Å². The first-order valence-electron chi connectivity index (χ1n) is 12.6. The van der Waals surface area contributed by atoms with E-state index in [1.165, 1.54) is 17.5 Å². The van der Waals surface area contributed by atoms with E-state index in [0.29, 0.717) is 6.42 Å². The van der Waals surface area contributed by atoms with Gasteiger partial charge in [-0.25, -0.2) is 0 Å². The Labute approximate surface area is 198 Å². The minimum Gasteiger partial charge on any atom is -0.344 e. The van der Waals surface area contributed by atoms with Crippen LogP contribution in [0.25, 0.3) is 11.3 Å². The van der Waals surface area contributed by atoms with Crippen LogP contribution >= 0.6 is 0 Å². The van der Waals surface area contributed by atoms with E-state index in [1.807, 2.05) is 24.1 Å². The summed E-state index contributed by atoms with van der Waals surface area (Å²) in [6.07, 6.45) is 9.74. The van der Waals surface area contributed by atoms with Gasteiger partial charge < -0.3 is 10.2 Å². The summed E-state index contributed by atoms with van der Waals surface area (Å²) in [7, 11) is 0. The quantitative estimate of drug-likeness (QED) is 0.636. The van der Waals surface area contributed by atoms with Gasteiger partial charge in [0.15, 0.2) is 0 Å². The average molecular weight is 448 g/mol. The Morgan fingerprint density at radius 1 is 1.03 bits per heavy atom. The van der Waals surface area contributed by atoms with Crippen LogP contribution in [0.5, 0.6) is 0 Å². The van der Waals surface area contributed by atoms with Gasteiger partial charge in [-0.2, -0.15) is 0 Å². The van der Waals surface area contributed by atoms with E-state index < -0.39 is 6.04 Å². The average Bonchev–Trinajstić information content (AvgIpc) is 3.32. The predicted molar refractivity (Wildman–Crippen MR) is 132 cm³/mol. The molecule has 1 saturated carbocycles. The maximum absolute atomic E-state index is 13.8. The van der Waals surface area contributed by atoms with Crippen LogP contribution in [0.2, 0.25) is 0 Å². The summed E-state index contributed by atoms with van der Waals surface area (Å²) < 4.78 is 0. The van der Waals surface area contributed by atoms with E-state index in [4.69, 9.17) is 0 Å². The zero-order valence-electron chi connectivity index (χ0n) is 20.3. The third kappa shape index (κ3) is 5.45. The summed E-state index contributed by atoms with van der Waals surface area (Å²) >= 11 is 0. The van der Waals surface area contributed by atoms with Gasteiger partial charge in [-0.3, -0.25) is 14.6 Å². The fourth-order valence-corrected chi connectivity index (χ4v) is 5.61. The third-order valence-electron chi connectivity index (χ3n) is 7.25. The van der Waals surface area contributed by atoms with Gasteiger partial charge in [-0.15, -0.1) is 0 Å². The molecule has 2 aliphatic rings. The summed E-state index contributed by atoms with van der Waals surface area (Å²) in [6, 6.07) is 10.3. The van der Waals surface area contributed by atoms with Crippen LogP contribution in [0.15, 0.2) is 36.5 Å². The predicted octanol–water partition coefficient (Wildman–Crippen LogP) is 5.50. The molecule has 2 fully saturated rings. The number of carbonyl (C=O) groups excluding carboxylic acids is 2. The Balaban J connectivity index is 1.59. The molecular weight excluding hydrogens is 410 g/mol. The number of amides is 2. The fourth-order valence-electron chi connectivity index (χ4n) is 5.61. The standard InChI is InChI=1S/C28H37N3O2/c1-4-26(32)30-27(21-9-6-5-7-10-21)28(33)31-14-8-11-25(31)22-12-13-29-24(18-22)23-16-19(2)15-20(3)17-23/h12-13,15-18,21,25,27H,4-11,14H2,1-3H3,(H,30,32). The zero-order chi connectivity index (χ0) is 23.4. The number of nitrogens with one attached hydrogen (secondary N) is 1. The number of pyridine rings is 1. The minimum atomic E-state index is -0.404. The van der Waals surface area contributed by atoms with Crippen molar-refractivity contribution in [3.05, 3.63) is 53.2 Å². The van der Waals surface area contributed by atoms with Crippen LogP contribution in [0.4, 0.5) is 0 Å². The second-order valence-electron chi connectivity index (χ2n) is 9.84. The number of benzene rings is 1. The molecule has 5 heteroatoms. The smallest absolute Gasteiger partial charge is 0.245 e. The van der Waals surface area contributed by atoms with Crippen molar-refractivity contribution in [2.75, 3.05) is 6.54 Å². The van der Waals surface area contributed by atoms with Gasteiger partial charge in [-0.05, 0) is 75.3 Å². The first kappa shape index (κ1) is 23.5. The van der Waals surface area contributed by atoms with Crippen LogP contribution in [0.1, 0.15) is 81.0 Å². The van der Waals surface area contributed by atoms with E-state index >= 15 is 0 Å². The number of aromatic nitrogens is 1. The van der Waals surface area contributed by atoms with E-state index in [-0.39, 0.29) is 23.8 Å². The highest BCUT2D eigenvalue weighted by Gasteiger charge is 2.38. The van der Waals surface area contributed by atoms with E-state index in [2.05, 4.69) is 48.4 Å². The summed E-state index contributed by atoms with van der Waals surface area (Å²) in [5.74, 6) is 0.304. The highest BCUT2D eigenvalue weighted by atomic mass is 16.2. The van der Waals surface area contributed by atoms with Gasteiger partial charge in [0.05, 0.1) is 11.7 Å². The second kappa shape index (κ2) is 10.5. The molecule has 0 radical (unpaired) electrons. The topological polar surface area (TPSA) is 62.3 Å². The second-order valence-corrected chi connectivity index (χ2v) is 9.84. The number of hydrogen-bond donors (Lipinski definition) is 1. The number of carbonyl (C=O) groups is 2. The zero-order valence-corrected chi connectivity index (χ0v) is 20.3. The number of nitrogens with zero attached hydrogens (tertiary/aromatic N) is 2. The molecular formula is C28H37N3O2. The van der Waals surface area contributed by atoms with Gasteiger partial charge in [0.1, 0.15) is 6.04 Å². The number of hydrogen-bond acceptors (Lipinski definition) is 3. The fraction of sp³-hybridized carbons (Fsp3) is 0.536. The molecule has 0 bridgehead atoms. The highest BCUT2D eigenvalue weighted by molar-refractivity contribution is 5.88. The summed E-state index contributed by atoms with van der Waals surface area (Å²) in [5.41, 5.74) is 5.63. The van der Waals surface area contributed by atoms with Crippen molar-refractivity contribution in [1.29, 1.82) is 0 Å². The Bertz CT molecular complexity index is 976. The van der Waals surface area contributed by atoms with Crippen molar-refractivity contribution in [2.24, 2.45) is 5.92 Å². The van der Waals surface area contributed by atoms with Crippen LogP contribution in [-0.2, 0) is 9.59 Å². The summed E-state index contributed by atoms with van der Waals surface area (Å²) in [4.78, 5) is 32.8. The van der Waals surface area contributed by atoms with Gasteiger partial charge in [0.2, 0.25) is 11.8 Å². The molecule has 1 saturated heterocycles. The molecule has 0 spiro atoms. The molecule has 1 aliphatic heterocycles. The molecule has 5 nitrogen and oxygen atoms in total. The van der Waals surface area contributed by atoms with Crippen LogP contribution < -0.4 is 5.32 Å². The van der Waals surface area contributed by atoms with Crippen molar-refractivity contribution in [3.63, 3.8) is 0 Å². The third-order valence-corrected chi connectivity index (χ3v) is 7.25. The van der Waals surface area contributed by atoms with Crippen LogP contribution in [0.3, 0.4) is 0 Å². The molecule has 4 rings (SSSR count). The van der Waals surface area contributed by atoms with Crippen molar-refractivity contribution in [2.45, 2.75) is 84.2 Å². The highest BCUT2D eigenvalue weighted by Crippen LogP contribution is 2.36. The maximum Gasteiger partial charge on any atom is 0.245 e. The number of likely N-dealkylation sites (tertiary alicyclic amines) is 1. The minimum absolute atomic E-state index is 0.0318. The van der Waals surface area contributed by atoms with Crippen molar-refractivity contribution < 1.29 is 9.59 Å². The first-order valence-corrected chi connectivity index (χ1v) is 12.6. The molecule has 1 aliphatic carbocycles.